The van der Waals surface area contributed by atoms with Crippen LogP contribution in [-0.2, 0) is 6.42 Å². The topological polar surface area (TPSA) is 104 Å². The molecule has 0 radical (unpaired) electrons. The summed E-state index contributed by atoms with van der Waals surface area (Å²) in [6.07, 6.45) is 5.18. The number of fused-ring (bicyclic) bond motifs is 1. The lowest BCUT2D eigenvalue weighted by molar-refractivity contribution is 0.0637. The van der Waals surface area contributed by atoms with E-state index >= 15 is 0 Å². The van der Waals surface area contributed by atoms with Gasteiger partial charge in [-0.15, -0.1) is 10.2 Å². The number of halogens is 1. The van der Waals surface area contributed by atoms with Crippen molar-refractivity contribution in [1.29, 1.82) is 0 Å². The molecule has 1 atom stereocenters. The molecule has 4 heterocycles. The van der Waals surface area contributed by atoms with E-state index in [0.29, 0.717) is 29.5 Å². The van der Waals surface area contributed by atoms with E-state index in [0.717, 1.165) is 11.1 Å². The Labute approximate surface area is 198 Å². The molecule has 9 nitrogen and oxygen atoms in total. The molecule has 5 rings (SSSR count). The highest BCUT2D eigenvalue weighted by atomic mass is 32.1. The zero-order valence-corrected chi connectivity index (χ0v) is 19.3. The van der Waals surface area contributed by atoms with E-state index in [2.05, 4.69) is 15.2 Å². The molecule has 2 aliphatic heterocycles. The lowest BCUT2D eigenvalue weighted by Crippen LogP contribution is -2.60. The Balaban J connectivity index is 1.56. The normalized spacial score (nSPS) is 17.3. The predicted octanol–water partition coefficient (Wildman–Crippen LogP) is 2.18. The fourth-order valence-electron chi connectivity index (χ4n) is 4.22. The smallest absolute Gasteiger partial charge is 0.278 e. The Bertz CT molecular complexity index is 1390. The highest BCUT2D eigenvalue weighted by Gasteiger charge is 2.40. The van der Waals surface area contributed by atoms with Crippen LogP contribution in [0.3, 0.4) is 0 Å². The zero-order chi connectivity index (χ0) is 24.0. The summed E-state index contributed by atoms with van der Waals surface area (Å²) < 4.78 is 14.7. The largest absolute Gasteiger partial charge is 0.502 e. The first kappa shape index (κ1) is 22.0. The number of carbonyl (C=O) groups is 1. The van der Waals surface area contributed by atoms with Crippen molar-refractivity contribution in [2.45, 2.75) is 19.5 Å². The van der Waals surface area contributed by atoms with E-state index in [4.69, 9.17) is 0 Å². The molecular formula is C23H21FN6O3S. The van der Waals surface area contributed by atoms with E-state index in [-0.39, 0.29) is 17.1 Å². The summed E-state index contributed by atoms with van der Waals surface area (Å²) in [5.74, 6) is -1.39. The minimum Gasteiger partial charge on any atom is -0.502 e. The minimum absolute atomic E-state index is 0.0964. The van der Waals surface area contributed by atoms with Crippen molar-refractivity contribution in [3.05, 3.63) is 74.4 Å². The SMILES string of the molecule is CCN1C(=O)c2c(O)c(=O)c(-c3nnc(Cc4ccc(F)cc4)s3)cn2N(C)C1C1=CCN=C1. The summed E-state index contributed by atoms with van der Waals surface area (Å²) >= 11 is 1.20. The third-order valence-corrected chi connectivity index (χ3v) is 6.85. The third-order valence-electron chi connectivity index (χ3n) is 5.89. The molecule has 0 fully saturated rings. The van der Waals surface area contributed by atoms with Crippen molar-refractivity contribution in [3.63, 3.8) is 0 Å². The maximum Gasteiger partial charge on any atom is 0.278 e. The van der Waals surface area contributed by atoms with Crippen LogP contribution in [0, 0.1) is 5.82 Å². The van der Waals surface area contributed by atoms with Crippen LogP contribution in [0.2, 0.25) is 0 Å². The standard InChI is InChI=1S/C23H21FN6O3S/c1-3-29-22(14-8-9-25-11-14)28(2)30-12-16(19(31)20(32)18(30)23(29)33)21-27-26-17(34-21)10-13-4-6-15(24)7-5-13/h4-8,11-12,22,32H,3,9-10H2,1-2H3. The number of benzene rings is 1. The molecule has 0 aliphatic carbocycles. The van der Waals surface area contributed by atoms with Crippen LogP contribution in [0.25, 0.3) is 10.6 Å². The fourth-order valence-corrected chi connectivity index (χ4v) is 5.10. The Morgan fingerprint density at radius 3 is 2.65 bits per heavy atom. The van der Waals surface area contributed by atoms with Crippen LogP contribution in [0.5, 0.6) is 5.75 Å². The Morgan fingerprint density at radius 2 is 1.97 bits per heavy atom. The summed E-state index contributed by atoms with van der Waals surface area (Å²) in [7, 11) is 1.78. The van der Waals surface area contributed by atoms with E-state index < -0.39 is 23.3 Å². The Morgan fingerprint density at radius 1 is 1.21 bits per heavy atom. The van der Waals surface area contributed by atoms with E-state index in [1.807, 2.05) is 13.0 Å². The van der Waals surface area contributed by atoms with Gasteiger partial charge in [-0.1, -0.05) is 29.5 Å². The molecule has 174 valence electrons. The number of rotatable bonds is 5. The highest BCUT2D eigenvalue weighted by molar-refractivity contribution is 7.14. The summed E-state index contributed by atoms with van der Waals surface area (Å²) in [6, 6.07) is 6.07. The average molecular weight is 481 g/mol. The second-order valence-electron chi connectivity index (χ2n) is 7.95. The van der Waals surface area contributed by atoms with Gasteiger partial charge in [0.25, 0.3) is 5.91 Å². The van der Waals surface area contributed by atoms with Gasteiger partial charge >= 0.3 is 0 Å². The molecule has 1 unspecified atom stereocenters. The van der Waals surface area contributed by atoms with Gasteiger partial charge in [0.2, 0.25) is 5.43 Å². The first-order valence-corrected chi connectivity index (χ1v) is 11.5. The predicted molar refractivity (Wildman–Crippen MR) is 127 cm³/mol. The summed E-state index contributed by atoms with van der Waals surface area (Å²) in [5.41, 5.74) is 1.07. The van der Waals surface area contributed by atoms with Gasteiger partial charge in [-0.25, -0.2) is 4.39 Å². The molecule has 0 bridgehead atoms. The van der Waals surface area contributed by atoms with Gasteiger partial charge in [0, 0.05) is 38.0 Å². The molecule has 11 heteroatoms. The van der Waals surface area contributed by atoms with Crippen LogP contribution in [-0.4, -0.2) is 63.3 Å². The van der Waals surface area contributed by atoms with Crippen LogP contribution < -0.4 is 10.4 Å². The Kier molecular flexibility index (Phi) is 5.48. The number of likely N-dealkylation sites (N-methyl/N-ethyl adjacent to an activating group) is 2. The lowest BCUT2D eigenvalue weighted by Gasteiger charge is -2.44. The third kappa shape index (κ3) is 3.58. The monoisotopic (exact) mass is 480 g/mol. The van der Waals surface area contributed by atoms with Gasteiger partial charge in [-0.3, -0.25) is 24.3 Å². The number of aliphatic imine (C=N–C) groups is 1. The molecule has 0 saturated carbocycles. The van der Waals surface area contributed by atoms with Gasteiger partial charge in [-0.2, -0.15) is 0 Å². The molecule has 34 heavy (non-hydrogen) atoms. The number of nitrogens with zero attached hydrogens (tertiary/aromatic N) is 6. The molecular weight excluding hydrogens is 459 g/mol. The maximum absolute atomic E-state index is 13.3. The summed E-state index contributed by atoms with van der Waals surface area (Å²) in [5, 5.41) is 21.8. The van der Waals surface area contributed by atoms with Crippen LogP contribution >= 0.6 is 11.3 Å². The number of hydrogen-bond acceptors (Lipinski definition) is 8. The van der Waals surface area contributed by atoms with Crippen molar-refractivity contribution in [2.75, 3.05) is 25.1 Å². The molecule has 1 aromatic carbocycles. The number of hydrogen-bond donors (Lipinski definition) is 1. The fraction of sp³-hybridized carbons (Fsp3) is 0.261. The number of amides is 1. The lowest BCUT2D eigenvalue weighted by atomic mass is 10.1. The van der Waals surface area contributed by atoms with Crippen LogP contribution in [0.15, 0.2) is 51.9 Å². The quantitative estimate of drug-likeness (QED) is 0.600. The van der Waals surface area contributed by atoms with Crippen molar-refractivity contribution in [2.24, 2.45) is 4.99 Å². The van der Waals surface area contributed by atoms with Crippen molar-refractivity contribution in [3.8, 4) is 16.3 Å². The van der Waals surface area contributed by atoms with Gasteiger partial charge in [0.05, 0.1) is 12.1 Å². The van der Waals surface area contributed by atoms with Crippen LogP contribution in [0.1, 0.15) is 28.0 Å². The molecule has 2 aliphatic rings. The average Bonchev–Trinajstić information content (AvgIpc) is 3.52. The summed E-state index contributed by atoms with van der Waals surface area (Å²) in [6.45, 7) is 2.77. The number of carbonyl (C=O) groups excluding carboxylic acids is 1. The summed E-state index contributed by atoms with van der Waals surface area (Å²) in [4.78, 5) is 32.1. The molecule has 2 aromatic heterocycles. The molecule has 1 N–H and O–H groups in total. The van der Waals surface area contributed by atoms with Crippen LogP contribution in [0.4, 0.5) is 4.39 Å². The van der Waals surface area contributed by atoms with Crippen molar-refractivity contribution in [1.82, 2.24) is 19.8 Å². The number of pyridine rings is 1. The number of aromatic nitrogens is 3. The second-order valence-corrected chi connectivity index (χ2v) is 9.02. The van der Waals surface area contributed by atoms with Crippen molar-refractivity contribution >= 4 is 23.5 Å². The molecule has 3 aromatic rings. The van der Waals surface area contributed by atoms with Gasteiger partial charge in [-0.05, 0) is 24.6 Å². The maximum atomic E-state index is 13.3. The Hall–Kier alpha value is -3.86. The zero-order valence-electron chi connectivity index (χ0n) is 18.5. The number of aromatic hydroxyl groups is 1. The van der Waals surface area contributed by atoms with Gasteiger partial charge in [0.15, 0.2) is 16.5 Å². The second kappa shape index (κ2) is 8.49. The first-order chi connectivity index (χ1) is 16.4. The molecule has 0 spiro atoms. The first-order valence-electron chi connectivity index (χ1n) is 10.7. The van der Waals surface area contributed by atoms with Gasteiger partial charge < -0.3 is 10.0 Å². The van der Waals surface area contributed by atoms with Gasteiger partial charge in [0.1, 0.15) is 17.0 Å². The highest BCUT2D eigenvalue weighted by Crippen LogP contribution is 2.30. The molecule has 1 amide bonds. The van der Waals surface area contributed by atoms with Crippen molar-refractivity contribution < 1.29 is 14.3 Å². The molecule has 0 saturated heterocycles. The minimum atomic E-state index is -0.686. The van der Waals surface area contributed by atoms with E-state index in [9.17, 15) is 19.1 Å². The van der Waals surface area contributed by atoms with E-state index in [1.54, 1.807) is 35.3 Å². The van der Waals surface area contributed by atoms with E-state index in [1.165, 1.54) is 34.3 Å².